The number of nitrogens with one attached hydrogen (secondary N) is 1. The number of aryl methyl sites for hydroxylation is 2. The Kier molecular flexibility index (Phi) is 4.44. The van der Waals surface area contributed by atoms with E-state index in [1.807, 2.05) is 30.5 Å². The highest BCUT2D eigenvalue weighted by molar-refractivity contribution is 7.20. The second-order valence-corrected chi connectivity index (χ2v) is 9.94. The normalized spacial score (nSPS) is 21.0. The Hall–Kier alpha value is -3.04. The Morgan fingerprint density at radius 3 is 2.66 bits per heavy atom. The number of anilines is 2. The van der Waals surface area contributed by atoms with Gasteiger partial charge in [0, 0.05) is 36.8 Å². The second kappa shape index (κ2) is 7.25. The van der Waals surface area contributed by atoms with E-state index in [1.54, 1.807) is 6.20 Å². The van der Waals surface area contributed by atoms with E-state index in [2.05, 4.69) is 44.3 Å². The topological polar surface area (TPSA) is 78.7 Å². The number of imidazole rings is 1. The van der Waals surface area contributed by atoms with Gasteiger partial charge in [0.1, 0.15) is 16.5 Å². The molecule has 2 fully saturated rings. The van der Waals surface area contributed by atoms with Crippen molar-refractivity contribution in [1.82, 2.24) is 24.3 Å². The molecule has 0 aliphatic carbocycles. The van der Waals surface area contributed by atoms with Gasteiger partial charge in [-0.15, -0.1) is 11.3 Å². The summed E-state index contributed by atoms with van der Waals surface area (Å²) in [5.74, 6) is 1.35. The number of fused-ring (bicyclic) bond motifs is 4. The van der Waals surface area contributed by atoms with Crippen LogP contribution >= 0.6 is 11.3 Å². The number of pyridine rings is 1. The molecule has 2 saturated heterocycles. The largest absolute Gasteiger partial charge is 0.353 e. The summed E-state index contributed by atoms with van der Waals surface area (Å²) in [6, 6.07) is 7.30. The van der Waals surface area contributed by atoms with Gasteiger partial charge < -0.3 is 14.6 Å². The number of carbonyl (C=O) groups excluding carboxylic acids is 1. The first kappa shape index (κ1) is 19.6. The minimum absolute atomic E-state index is 0.171. The van der Waals surface area contributed by atoms with Gasteiger partial charge in [-0.2, -0.15) is 0 Å². The predicted molar refractivity (Wildman–Crippen MR) is 127 cm³/mol. The molecule has 6 rings (SSSR count). The summed E-state index contributed by atoms with van der Waals surface area (Å²) in [6.07, 6.45) is 6.25. The van der Waals surface area contributed by atoms with Crippen LogP contribution in [0.15, 0.2) is 30.6 Å². The summed E-state index contributed by atoms with van der Waals surface area (Å²) in [7, 11) is 2.24. The summed E-state index contributed by atoms with van der Waals surface area (Å²) in [4.78, 5) is 33.2. The van der Waals surface area contributed by atoms with Crippen molar-refractivity contribution >= 4 is 44.7 Å². The van der Waals surface area contributed by atoms with E-state index in [9.17, 15) is 4.79 Å². The van der Waals surface area contributed by atoms with Crippen LogP contribution in [0.4, 0.5) is 11.6 Å². The van der Waals surface area contributed by atoms with Gasteiger partial charge >= 0.3 is 0 Å². The fraction of sp³-hybridized carbons (Fsp3) is 0.391. The lowest BCUT2D eigenvalue weighted by Crippen LogP contribution is -2.52. The number of aromatic nitrogens is 4. The number of likely N-dealkylation sites (N-methyl/N-ethyl adjacent to an activating group) is 1. The Balaban J connectivity index is 1.24. The van der Waals surface area contributed by atoms with Gasteiger partial charge in [0.05, 0.1) is 22.5 Å². The second-order valence-electron chi connectivity index (χ2n) is 8.91. The van der Waals surface area contributed by atoms with Crippen LogP contribution in [0.5, 0.6) is 0 Å². The minimum Gasteiger partial charge on any atom is -0.353 e. The first-order valence-corrected chi connectivity index (χ1v) is 11.8. The first-order chi connectivity index (χ1) is 15.4. The van der Waals surface area contributed by atoms with Gasteiger partial charge in [0.2, 0.25) is 0 Å². The molecule has 0 radical (unpaired) electrons. The Labute approximate surface area is 189 Å². The lowest BCUT2D eigenvalue weighted by atomic mass is 10.2. The molecular formula is C23H25N7OS. The van der Waals surface area contributed by atoms with E-state index in [-0.39, 0.29) is 5.91 Å². The Morgan fingerprint density at radius 2 is 1.88 bits per heavy atom. The molecule has 9 heteroatoms. The van der Waals surface area contributed by atoms with Crippen molar-refractivity contribution in [2.75, 3.05) is 30.4 Å². The summed E-state index contributed by atoms with van der Waals surface area (Å²) < 4.78 is 1.90. The molecule has 1 amide bonds. The molecule has 1 N–H and O–H groups in total. The molecule has 2 bridgehead atoms. The van der Waals surface area contributed by atoms with E-state index in [0.717, 1.165) is 46.2 Å². The quantitative estimate of drug-likeness (QED) is 0.518. The molecule has 2 atom stereocenters. The molecule has 164 valence electrons. The number of hydrogen-bond acceptors (Lipinski definition) is 7. The average Bonchev–Trinajstić information content (AvgIpc) is 3.40. The van der Waals surface area contributed by atoms with Crippen LogP contribution < -0.4 is 10.2 Å². The van der Waals surface area contributed by atoms with Crippen molar-refractivity contribution in [3.63, 3.8) is 0 Å². The maximum Gasteiger partial charge on any atom is 0.267 e. The van der Waals surface area contributed by atoms with Crippen LogP contribution in [0.25, 0.3) is 15.9 Å². The SMILES string of the molecule is Cc1cn2cc(NC(=O)c3cc4ccc(N5CC6CCC(C5)N6C)nc4s3)nc(C)c2n1. The van der Waals surface area contributed by atoms with Gasteiger partial charge in [-0.25, -0.2) is 15.0 Å². The fourth-order valence-electron chi connectivity index (χ4n) is 5.01. The molecule has 0 saturated carbocycles. The molecular weight excluding hydrogens is 422 g/mol. The molecule has 4 aromatic rings. The highest BCUT2D eigenvalue weighted by Gasteiger charge is 2.37. The van der Waals surface area contributed by atoms with Crippen LogP contribution in [-0.2, 0) is 0 Å². The number of thiophene rings is 1. The Morgan fingerprint density at radius 1 is 1.09 bits per heavy atom. The van der Waals surface area contributed by atoms with Gasteiger partial charge in [0.25, 0.3) is 5.91 Å². The number of amides is 1. The van der Waals surface area contributed by atoms with E-state index in [0.29, 0.717) is 22.8 Å². The van der Waals surface area contributed by atoms with Crippen LogP contribution in [0.2, 0.25) is 0 Å². The van der Waals surface area contributed by atoms with Crippen LogP contribution in [0.1, 0.15) is 33.9 Å². The highest BCUT2D eigenvalue weighted by atomic mass is 32.1. The van der Waals surface area contributed by atoms with Crippen molar-refractivity contribution in [2.45, 2.75) is 38.8 Å². The molecule has 2 unspecified atom stereocenters. The summed E-state index contributed by atoms with van der Waals surface area (Å²) in [5, 5.41) is 3.92. The number of piperazine rings is 1. The third kappa shape index (κ3) is 3.23. The molecule has 2 aliphatic rings. The molecule has 0 aromatic carbocycles. The number of nitrogens with zero attached hydrogens (tertiary/aromatic N) is 6. The minimum atomic E-state index is -0.171. The maximum absolute atomic E-state index is 12.9. The van der Waals surface area contributed by atoms with E-state index in [1.165, 1.54) is 24.2 Å². The van der Waals surface area contributed by atoms with Gasteiger partial charge in [-0.1, -0.05) is 0 Å². The fourth-order valence-corrected chi connectivity index (χ4v) is 5.93. The molecule has 0 spiro atoms. The number of rotatable bonds is 3. The zero-order valence-electron chi connectivity index (χ0n) is 18.4. The zero-order chi connectivity index (χ0) is 22.0. The van der Waals surface area contributed by atoms with Crippen molar-refractivity contribution in [3.8, 4) is 0 Å². The zero-order valence-corrected chi connectivity index (χ0v) is 19.2. The third-order valence-corrected chi connectivity index (χ3v) is 7.77. The first-order valence-electron chi connectivity index (χ1n) is 11.0. The maximum atomic E-state index is 12.9. The van der Waals surface area contributed by atoms with Crippen LogP contribution in [-0.4, -0.2) is 62.4 Å². The van der Waals surface area contributed by atoms with Crippen molar-refractivity contribution in [3.05, 3.63) is 46.9 Å². The third-order valence-electron chi connectivity index (χ3n) is 6.73. The van der Waals surface area contributed by atoms with Crippen molar-refractivity contribution in [2.24, 2.45) is 0 Å². The lowest BCUT2D eigenvalue weighted by Gasteiger charge is -2.39. The molecule has 8 nitrogen and oxygen atoms in total. The highest BCUT2D eigenvalue weighted by Crippen LogP contribution is 2.32. The van der Waals surface area contributed by atoms with Crippen molar-refractivity contribution in [1.29, 1.82) is 0 Å². The van der Waals surface area contributed by atoms with Crippen LogP contribution in [0.3, 0.4) is 0 Å². The predicted octanol–water partition coefficient (Wildman–Crippen LogP) is 3.49. The number of carbonyl (C=O) groups is 1. The van der Waals surface area contributed by atoms with Crippen molar-refractivity contribution < 1.29 is 4.79 Å². The molecule has 4 aromatic heterocycles. The molecule has 2 aliphatic heterocycles. The standard InChI is InChI=1S/C23H25N7OS/c1-13-9-30-12-19(25-14(2)21(30)24-13)26-22(31)18-8-15-4-7-20(27-23(15)32-18)29-10-16-5-6-17(11-29)28(16)3/h4,7-9,12,16-17H,5-6,10-11H2,1-3H3,(H,26,31). The molecule has 6 heterocycles. The number of hydrogen-bond donors (Lipinski definition) is 1. The van der Waals surface area contributed by atoms with E-state index >= 15 is 0 Å². The molecule has 32 heavy (non-hydrogen) atoms. The Bertz CT molecular complexity index is 1350. The smallest absolute Gasteiger partial charge is 0.267 e. The average molecular weight is 448 g/mol. The monoisotopic (exact) mass is 447 g/mol. The van der Waals surface area contributed by atoms with Gasteiger partial charge in [-0.3, -0.25) is 9.69 Å². The van der Waals surface area contributed by atoms with Gasteiger partial charge in [0.15, 0.2) is 5.65 Å². The van der Waals surface area contributed by atoms with E-state index < -0.39 is 0 Å². The lowest BCUT2D eigenvalue weighted by molar-refractivity contribution is 0.103. The summed E-state index contributed by atoms with van der Waals surface area (Å²) in [5.41, 5.74) is 2.49. The van der Waals surface area contributed by atoms with Gasteiger partial charge in [-0.05, 0) is 51.9 Å². The summed E-state index contributed by atoms with van der Waals surface area (Å²) in [6.45, 7) is 5.87. The van der Waals surface area contributed by atoms with Crippen LogP contribution in [0, 0.1) is 13.8 Å². The summed E-state index contributed by atoms with van der Waals surface area (Å²) >= 11 is 1.43. The van der Waals surface area contributed by atoms with E-state index in [4.69, 9.17) is 4.98 Å².